The van der Waals surface area contributed by atoms with E-state index in [1.54, 1.807) is 49.6 Å². The summed E-state index contributed by atoms with van der Waals surface area (Å²) in [7, 11) is -2.18. The van der Waals surface area contributed by atoms with Gasteiger partial charge in [-0.3, -0.25) is 9.52 Å². The summed E-state index contributed by atoms with van der Waals surface area (Å²) in [6, 6.07) is 21.4. The molecule has 0 bridgehead atoms. The van der Waals surface area contributed by atoms with E-state index in [1.807, 2.05) is 25.1 Å². The van der Waals surface area contributed by atoms with Crippen molar-refractivity contribution in [2.45, 2.75) is 17.9 Å². The number of nitrogens with one attached hydrogen (secondary N) is 2. The van der Waals surface area contributed by atoms with Crippen molar-refractivity contribution in [3.63, 3.8) is 0 Å². The van der Waals surface area contributed by atoms with E-state index in [-0.39, 0.29) is 10.8 Å². The molecule has 2 N–H and O–H groups in total. The molecule has 0 aliphatic rings. The largest absolute Gasteiger partial charge is 0.493 e. The molecule has 1 aromatic heterocycles. The number of rotatable bonds is 7. The number of carbonyl (C=O) groups is 1. The Kier molecular flexibility index (Phi) is 5.87. The van der Waals surface area contributed by atoms with E-state index >= 15 is 0 Å². The van der Waals surface area contributed by atoms with E-state index in [2.05, 4.69) is 10.0 Å². The number of anilines is 1. The predicted molar refractivity (Wildman–Crippen MR) is 122 cm³/mol. The van der Waals surface area contributed by atoms with Gasteiger partial charge in [0.05, 0.1) is 18.0 Å². The third-order valence-electron chi connectivity index (χ3n) is 4.95. The average Bonchev–Trinajstić information content (AvgIpc) is 3.24. The summed E-state index contributed by atoms with van der Waals surface area (Å²) in [5.74, 6) is 0.843. The smallest absolute Gasteiger partial charge is 0.261 e. The molecule has 0 fully saturated rings. The van der Waals surface area contributed by atoms with Crippen LogP contribution in [0.4, 0.5) is 5.69 Å². The van der Waals surface area contributed by atoms with Crippen molar-refractivity contribution in [1.29, 1.82) is 0 Å². The summed E-state index contributed by atoms with van der Waals surface area (Å²) < 4.78 is 38.8. The van der Waals surface area contributed by atoms with Crippen molar-refractivity contribution in [1.82, 2.24) is 5.32 Å². The molecular weight excluding hydrogens is 428 g/mol. The van der Waals surface area contributed by atoms with Gasteiger partial charge in [0.15, 0.2) is 11.3 Å². The van der Waals surface area contributed by atoms with Gasteiger partial charge in [-0.2, -0.15) is 0 Å². The third-order valence-corrected chi connectivity index (χ3v) is 6.35. The van der Waals surface area contributed by atoms with Crippen LogP contribution in [0.5, 0.6) is 5.75 Å². The molecule has 164 valence electrons. The first kappa shape index (κ1) is 21.5. The minimum absolute atomic E-state index is 0.142. The van der Waals surface area contributed by atoms with E-state index in [4.69, 9.17) is 9.15 Å². The maximum Gasteiger partial charge on any atom is 0.261 e. The quantitative estimate of drug-likeness (QED) is 0.424. The number of hydrogen-bond donors (Lipinski definition) is 2. The number of benzene rings is 3. The Hall–Kier alpha value is -3.78. The zero-order valence-corrected chi connectivity index (χ0v) is 18.3. The summed E-state index contributed by atoms with van der Waals surface area (Å²) in [5.41, 5.74) is 1.23. The molecule has 7 nitrogen and oxygen atoms in total. The van der Waals surface area contributed by atoms with E-state index < -0.39 is 16.1 Å². The SMILES string of the molecule is COc1cccc2cc(C(C)NC(=O)c3cccc(NS(=O)(=O)c4ccccc4)c3)oc12. The highest BCUT2D eigenvalue weighted by atomic mass is 32.2. The Morgan fingerprint density at radius 1 is 0.969 bits per heavy atom. The molecular formula is C24H22N2O5S. The average molecular weight is 451 g/mol. The first-order valence-electron chi connectivity index (χ1n) is 9.92. The number of sulfonamides is 1. The molecule has 0 aliphatic heterocycles. The molecule has 0 aliphatic carbocycles. The molecule has 1 atom stereocenters. The van der Waals surface area contributed by atoms with Crippen molar-refractivity contribution in [3.05, 3.63) is 90.2 Å². The highest BCUT2D eigenvalue weighted by molar-refractivity contribution is 7.92. The summed E-state index contributed by atoms with van der Waals surface area (Å²) in [5, 5.41) is 3.75. The van der Waals surface area contributed by atoms with E-state index in [9.17, 15) is 13.2 Å². The predicted octanol–water partition coefficient (Wildman–Crippen LogP) is 4.73. The lowest BCUT2D eigenvalue weighted by Gasteiger charge is -2.13. The number of carbonyl (C=O) groups excluding carboxylic acids is 1. The van der Waals surface area contributed by atoms with Crippen LogP contribution in [0.2, 0.25) is 0 Å². The molecule has 4 aromatic rings. The molecule has 1 amide bonds. The molecule has 0 saturated carbocycles. The molecule has 0 saturated heterocycles. The Morgan fingerprint density at radius 2 is 1.72 bits per heavy atom. The lowest BCUT2D eigenvalue weighted by Crippen LogP contribution is -2.26. The number of para-hydroxylation sites is 1. The summed E-state index contributed by atoms with van der Waals surface area (Å²) in [6.07, 6.45) is 0. The van der Waals surface area contributed by atoms with Gasteiger partial charge in [0.2, 0.25) is 0 Å². The summed E-state index contributed by atoms with van der Waals surface area (Å²) >= 11 is 0. The molecule has 1 heterocycles. The van der Waals surface area contributed by atoms with Gasteiger partial charge in [0, 0.05) is 16.6 Å². The minimum Gasteiger partial charge on any atom is -0.493 e. The second-order valence-corrected chi connectivity index (χ2v) is 8.90. The fourth-order valence-corrected chi connectivity index (χ4v) is 4.39. The van der Waals surface area contributed by atoms with Crippen molar-refractivity contribution in [2.24, 2.45) is 0 Å². The van der Waals surface area contributed by atoms with Crippen LogP contribution >= 0.6 is 0 Å². The number of ether oxygens (including phenoxy) is 1. The standard InChI is InChI=1S/C24H22N2O5S/c1-16(22-15-17-8-7-13-21(30-2)23(17)31-22)25-24(27)18-9-6-10-19(14-18)26-32(28,29)20-11-4-3-5-12-20/h3-16,26H,1-2H3,(H,25,27). The first-order chi connectivity index (χ1) is 15.4. The van der Waals surface area contributed by atoms with Crippen LogP contribution in [0, 0.1) is 0 Å². The van der Waals surface area contributed by atoms with Gasteiger partial charge in [0.25, 0.3) is 15.9 Å². The van der Waals surface area contributed by atoms with Crippen LogP contribution in [-0.4, -0.2) is 21.4 Å². The normalized spacial score (nSPS) is 12.3. The van der Waals surface area contributed by atoms with Crippen molar-refractivity contribution in [3.8, 4) is 5.75 Å². The van der Waals surface area contributed by atoms with Crippen LogP contribution in [0.1, 0.15) is 29.1 Å². The molecule has 4 rings (SSSR count). The zero-order chi connectivity index (χ0) is 22.7. The summed E-state index contributed by atoms with van der Waals surface area (Å²) in [4.78, 5) is 12.9. The molecule has 32 heavy (non-hydrogen) atoms. The maximum absolute atomic E-state index is 12.8. The van der Waals surface area contributed by atoms with Gasteiger partial charge >= 0.3 is 0 Å². The van der Waals surface area contributed by atoms with E-state index in [0.29, 0.717) is 28.3 Å². The van der Waals surface area contributed by atoms with E-state index in [0.717, 1.165) is 5.39 Å². The van der Waals surface area contributed by atoms with Gasteiger partial charge in [0.1, 0.15) is 5.76 Å². The Balaban J connectivity index is 1.50. The Morgan fingerprint density at radius 3 is 2.47 bits per heavy atom. The molecule has 1 unspecified atom stereocenters. The zero-order valence-electron chi connectivity index (χ0n) is 17.5. The number of hydrogen-bond acceptors (Lipinski definition) is 5. The number of methoxy groups -OCH3 is 1. The van der Waals surface area contributed by atoms with Crippen LogP contribution < -0.4 is 14.8 Å². The number of furan rings is 1. The first-order valence-corrected chi connectivity index (χ1v) is 11.4. The summed E-state index contributed by atoms with van der Waals surface area (Å²) in [6.45, 7) is 1.81. The minimum atomic E-state index is -3.75. The molecule has 3 aromatic carbocycles. The van der Waals surface area contributed by atoms with Crippen LogP contribution in [0.3, 0.4) is 0 Å². The van der Waals surface area contributed by atoms with Crippen molar-refractivity contribution in [2.75, 3.05) is 11.8 Å². The maximum atomic E-state index is 12.8. The second-order valence-electron chi connectivity index (χ2n) is 7.22. The fourth-order valence-electron chi connectivity index (χ4n) is 3.32. The van der Waals surface area contributed by atoms with Gasteiger partial charge in [-0.1, -0.05) is 36.4 Å². The molecule has 0 spiro atoms. The van der Waals surface area contributed by atoms with Gasteiger partial charge < -0.3 is 14.5 Å². The van der Waals surface area contributed by atoms with Gasteiger partial charge in [-0.05, 0) is 49.4 Å². The van der Waals surface area contributed by atoms with Crippen molar-refractivity contribution >= 4 is 32.6 Å². The van der Waals surface area contributed by atoms with Gasteiger partial charge in [-0.15, -0.1) is 0 Å². The highest BCUT2D eigenvalue weighted by Crippen LogP contribution is 2.31. The van der Waals surface area contributed by atoms with Crippen LogP contribution in [-0.2, 0) is 10.0 Å². The Bertz CT molecular complexity index is 1360. The van der Waals surface area contributed by atoms with Crippen LogP contribution in [0.15, 0.2) is 88.2 Å². The molecule has 8 heteroatoms. The molecule has 0 radical (unpaired) electrons. The Labute approximate surface area is 186 Å². The lowest BCUT2D eigenvalue weighted by atomic mass is 10.1. The van der Waals surface area contributed by atoms with Crippen LogP contribution in [0.25, 0.3) is 11.0 Å². The number of fused-ring (bicyclic) bond motifs is 1. The highest BCUT2D eigenvalue weighted by Gasteiger charge is 2.18. The van der Waals surface area contributed by atoms with Crippen molar-refractivity contribution < 1.29 is 22.4 Å². The third kappa shape index (κ3) is 4.45. The van der Waals surface area contributed by atoms with E-state index in [1.165, 1.54) is 18.2 Å². The second kappa shape index (κ2) is 8.76. The number of amides is 1. The lowest BCUT2D eigenvalue weighted by molar-refractivity contribution is 0.0935. The topological polar surface area (TPSA) is 97.6 Å². The monoisotopic (exact) mass is 450 g/mol. The fraction of sp³-hybridized carbons (Fsp3) is 0.125. The van der Waals surface area contributed by atoms with Gasteiger partial charge in [-0.25, -0.2) is 8.42 Å².